The van der Waals surface area contributed by atoms with Crippen LogP contribution in [0.2, 0.25) is 0 Å². The van der Waals surface area contributed by atoms with Crippen LogP contribution < -0.4 is 0 Å². The van der Waals surface area contributed by atoms with Crippen LogP contribution in [0.4, 0.5) is 0 Å². The summed E-state index contributed by atoms with van der Waals surface area (Å²) in [6.07, 6.45) is 70.0. The quantitative estimate of drug-likeness (QED) is 0.0262. The highest BCUT2D eigenvalue weighted by atomic mass is 16.6. The third kappa shape index (κ3) is 51.6. The van der Waals surface area contributed by atoms with E-state index in [0.29, 0.717) is 19.3 Å². The van der Waals surface area contributed by atoms with Crippen molar-refractivity contribution in [1.82, 2.24) is 0 Å². The predicted octanol–water partition coefficient (Wildman–Crippen LogP) is 18.4. The molecule has 0 spiro atoms. The van der Waals surface area contributed by atoms with Gasteiger partial charge in [-0.3, -0.25) is 14.4 Å². The fourth-order valence-corrected chi connectivity index (χ4v) is 7.51. The molecule has 1 atom stereocenters. The van der Waals surface area contributed by atoms with Crippen molar-refractivity contribution < 1.29 is 28.6 Å². The van der Waals surface area contributed by atoms with Crippen LogP contribution in [0.3, 0.4) is 0 Å². The van der Waals surface area contributed by atoms with E-state index in [1.165, 1.54) is 122 Å². The summed E-state index contributed by atoms with van der Waals surface area (Å²) in [6.45, 7) is 6.46. The normalized spacial score (nSPS) is 12.7. The van der Waals surface area contributed by atoms with Crippen LogP contribution in [-0.4, -0.2) is 37.2 Å². The van der Waals surface area contributed by atoms with Crippen molar-refractivity contribution in [3.05, 3.63) is 85.1 Å². The van der Waals surface area contributed by atoms with Crippen LogP contribution >= 0.6 is 0 Å². The number of hydrogen-bond acceptors (Lipinski definition) is 6. The average molecular weight is 919 g/mol. The zero-order valence-corrected chi connectivity index (χ0v) is 43.2. The fourth-order valence-electron chi connectivity index (χ4n) is 7.51. The second-order valence-corrected chi connectivity index (χ2v) is 18.1. The summed E-state index contributed by atoms with van der Waals surface area (Å²) in [5, 5.41) is 0. The molecule has 0 aromatic rings. The van der Waals surface area contributed by atoms with E-state index < -0.39 is 6.10 Å². The molecule has 0 aliphatic carbocycles. The van der Waals surface area contributed by atoms with E-state index in [0.717, 1.165) is 89.9 Å². The minimum absolute atomic E-state index is 0.0958. The lowest BCUT2D eigenvalue weighted by molar-refractivity contribution is -0.167. The zero-order valence-electron chi connectivity index (χ0n) is 43.2. The predicted molar refractivity (Wildman–Crippen MR) is 284 cm³/mol. The van der Waals surface area contributed by atoms with Gasteiger partial charge in [0, 0.05) is 19.3 Å². The number of rotatable bonds is 49. The first-order valence-electron chi connectivity index (χ1n) is 27.6. The Balaban J connectivity index is 4.48. The molecule has 378 valence electrons. The van der Waals surface area contributed by atoms with Gasteiger partial charge in [-0.2, -0.15) is 0 Å². The molecule has 0 saturated carbocycles. The van der Waals surface area contributed by atoms with Gasteiger partial charge in [0.15, 0.2) is 6.10 Å². The highest BCUT2D eigenvalue weighted by molar-refractivity contribution is 5.71. The van der Waals surface area contributed by atoms with Gasteiger partial charge in [-0.05, 0) is 89.9 Å². The van der Waals surface area contributed by atoms with E-state index in [-0.39, 0.29) is 37.5 Å². The first kappa shape index (κ1) is 62.6. The second-order valence-electron chi connectivity index (χ2n) is 18.1. The van der Waals surface area contributed by atoms with E-state index >= 15 is 0 Å². The molecule has 0 bridgehead atoms. The second kappa shape index (κ2) is 54.2. The molecule has 0 saturated heterocycles. The molecule has 66 heavy (non-hydrogen) atoms. The van der Waals surface area contributed by atoms with Gasteiger partial charge >= 0.3 is 17.9 Å². The van der Waals surface area contributed by atoms with Crippen LogP contribution in [0.5, 0.6) is 0 Å². The Kier molecular flexibility index (Phi) is 51.4. The molecule has 0 aliphatic rings. The first-order chi connectivity index (χ1) is 32.5. The minimum atomic E-state index is -0.802. The molecule has 1 unspecified atom stereocenters. The topological polar surface area (TPSA) is 78.9 Å². The number of hydrogen-bond donors (Lipinski definition) is 0. The van der Waals surface area contributed by atoms with Crippen molar-refractivity contribution in [3.8, 4) is 0 Å². The summed E-state index contributed by atoms with van der Waals surface area (Å²) in [4.78, 5) is 38.1. The number of esters is 3. The molecule has 0 amide bonds. The fraction of sp³-hybridized carbons (Fsp3) is 0.717. The van der Waals surface area contributed by atoms with E-state index in [2.05, 4.69) is 106 Å². The molecule has 0 aliphatic heterocycles. The zero-order chi connectivity index (χ0) is 47.9. The van der Waals surface area contributed by atoms with E-state index in [1.54, 1.807) is 0 Å². The third-order valence-corrected chi connectivity index (χ3v) is 11.6. The lowest BCUT2D eigenvalue weighted by Gasteiger charge is -2.18. The highest BCUT2D eigenvalue weighted by Crippen LogP contribution is 2.15. The van der Waals surface area contributed by atoms with E-state index in [9.17, 15) is 14.4 Å². The Bertz CT molecular complexity index is 1290. The van der Waals surface area contributed by atoms with Gasteiger partial charge < -0.3 is 14.2 Å². The largest absolute Gasteiger partial charge is 0.462 e. The van der Waals surface area contributed by atoms with Crippen molar-refractivity contribution in [3.63, 3.8) is 0 Å². The molecule has 0 fully saturated rings. The minimum Gasteiger partial charge on any atom is -0.462 e. The molecule has 0 radical (unpaired) electrons. The third-order valence-electron chi connectivity index (χ3n) is 11.6. The van der Waals surface area contributed by atoms with Crippen molar-refractivity contribution in [2.75, 3.05) is 13.2 Å². The summed E-state index contributed by atoms with van der Waals surface area (Å²) in [5.74, 6) is -0.960. The van der Waals surface area contributed by atoms with Crippen molar-refractivity contribution in [1.29, 1.82) is 0 Å². The Morgan fingerprint density at radius 3 is 1.02 bits per heavy atom. The maximum Gasteiger partial charge on any atom is 0.306 e. The Morgan fingerprint density at radius 2 is 0.606 bits per heavy atom. The Labute approximate surface area is 407 Å². The van der Waals surface area contributed by atoms with Gasteiger partial charge in [-0.15, -0.1) is 0 Å². The molecule has 0 rings (SSSR count). The summed E-state index contributed by atoms with van der Waals surface area (Å²) in [7, 11) is 0. The van der Waals surface area contributed by atoms with Gasteiger partial charge in [-0.1, -0.05) is 234 Å². The highest BCUT2D eigenvalue weighted by Gasteiger charge is 2.19. The van der Waals surface area contributed by atoms with Crippen molar-refractivity contribution >= 4 is 17.9 Å². The van der Waals surface area contributed by atoms with Crippen LogP contribution in [-0.2, 0) is 28.6 Å². The van der Waals surface area contributed by atoms with E-state index in [4.69, 9.17) is 14.2 Å². The molecule has 6 heteroatoms. The lowest BCUT2D eigenvalue weighted by atomic mass is 10.0. The Hall–Kier alpha value is -3.41. The SMILES string of the molecule is CC/C=C\C/C=C\C/C=C\C/C=C\C/C=C\CCCC(=O)OCC(COC(=O)CCCCCCCCCCCCCCCC)OC(=O)CCCCCCCCC/C=C\C/C=C\CCCCC. The van der Waals surface area contributed by atoms with Gasteiger partial charge in [-0.25, -0.2) is 0 Å². The van der Waals surface area contributed by atoms with Crippen LogP contribution in [0, 0.1) is 0 Å². The standard InChI is InChI=1S/C60H102O6/c1-4-7-10-13-16-19-22-25-28-30-32-35-38-41-44-47-50-53-59(62)65-56-57(55-64-58(61)52-49-46-43-40-37-34-27-24-21-18-15-12-9-6-3)66-60(63)54-51-48-45-42-39-36-33-31-29-26-23-20-17-14-11-8-5-2/h7,10,16-17,19-20,25-26,28-29,32,35,41,44,57H,4-6,8-9,11-15,18,21-24,27,30-31,33-34,36-40,42-43,45-56H2,1-3H3/b10-7-,19-16-,20-17-,28-25-,29-26-,35-32-,44-41-. The molecular weight excluding hydrogens is 817 g/mol. The summed E-state index contributed by atoms with van der Waals surface area (Å²) in [6, 6.07) is 0. The number of unbranched alkanes of at least 4 members (excludes halogenated alkanes) is 24. The van der Waals surface area contributed by atoms with Gasteiger partial charge in [0.05, 0.1) is 0 Å². The first-order valence-corrected chi connectivity index (χ1v) is 27.6. The average Bonchev–Trinajstić information content (AvgIpc) is 3.31. The van der Waals surface area contributed by atoms with Crippen LogP contribution in [0.15, 0.2) is 85.1 Å². The number of allylic oxidation sites excluding steroid dienone is 14. The van der Waals surface area contributed by atoms with Crippen molar-refractivity contribution in [2.45, 2.75) is 264 Å². The number of ether oxygens (including phenoxy) is 3. The summed E-state index contributed by atoms with van der Waals surface area (Å²) >= 11 is 0. The maximum atomic E-state index is 12.8. The van der Waals surface area contributed by atoms with Crippen molar-refractivity contribution in [2.24, 2.45) is 0 Å². The van der Waals surface area contributed by atoms with Gasteiger partial charge in [0.1, 0.15) is 13.2 Å². The summed E-state index contributed by atoms with van der Waals surface area (Å²) in [5.41, 5.74) is 0. The molecule has 0 N–H and O–H groups in total. The molecule has 0 aromatic heterocycles. The lowest BCUT2D eigenvalue weighted by Crippen LogP contribution is -2.30. The smallest absolute Gasteiger partial charge is 0.306 e. The number of carbonyl (C=O) groups is 3. The van der Waals surface area contributed by atoms with Crippen LogP contribution in [0.1, 0.15) is 258 Å². The summed E-state index contributed by atoms with van der Waals surface area (Å²) < 4.78 is 16.8. The molecular formula is C60H102O6. The monoisotopic (exact) mass is 919 g/mol. The van der Waals surface area contributed by atoms with Gasteiger partial charge in [0.2, 0.25) is 0 Å². The maximum absolute atomic E-state index is 12.8. The van der Waals surface area contributed by atoms with Gasteiger partial charge in [0.25, 0.3) is 0 Å². The molecule has 0 aromatic carbocycles. The molecule has 6 nitrogen and oxygen atoms in total. The molecule has 0 heterocycles. The van der Waals surface area contributed by atoms with E-state index in [1.807, 2.05) is 0 Å². The Morgan fingerprint density at radius 1 is 0.318 bits per heavy atom. The number of carbonyl (C=O) groups excluding carboxylic acids is 3. The van der Waals surface area contributed by atoms with Crippen LogP contribution in [0.25, 0.3) is 0 Å².